The Morgan fingerprint density at radius 2 is 2.28 bits per heavy atom. The predicted octanol–water partition coefficient (Wildman–Crippen LogP) is -0.301. The summed E-state index contributed by atoms with van der Waals surface area (Å²) in [6.07, 6.45) is 1.08. The van der Waals surface area contributed by atoms with Crippen LogP contribution in [0.1, 0.15) is 0 Å². The maximum Gasteiger partial charge on any atom is 0.350 e. The highest BCUT2D eigenvalue weighted by Gasteiger charge is 2.13. The molecule has 1 heterocycles. The minimum atomic E-state index is -4.18. The number of nitrogens with zero attached hydrogens (tertiary/aromatic N) is 2. The second-order valence-corrected chi connectivity index (χ2v) is 5.72. The van der Waals surface area contributed by atoms with E-state index in [1.165, 1.54) is 22.4 Å². The molecular formula is C8H14N3O5PS. The monoisotopic (exact) mass is 295 g/mol. The molecule has 0 aliphatic rings. The van der Waals surface area contributed by atoms with Crippen LogP contribution >= 0.6 is 19.4 Å². The molecule has 0 fully saturated rings. The van der Waals surface area contributed by atoms with Crippen molar-refractivity contribution >= 4 is 25.2 Å². The van der Waals surface area contributed by atoms with E-state index in [4.69, 9.17) is 20.3 Å². The van der Waals surface area contributed by atoms with Crippen molar-refractivity contribution in [3.8, 4) is 0 Å². The Labute approximate surface area is 107 Å². The van der Waals surface area contributed by atoms with Crippen molar-refractivity contribution in [1.82, 2.24) is 9.55 Å². The molecule has 1 rings (SSSR count). The first-order valence-electron chi connectivity index (χ1n) is 4.87. The summed E-state index contributed by atoms with van der Waals surface area (Å²) in [6.45, 7) is 0.159. The smallest absolute Gasteiger partial charge is 0.350 e. The normalized spacial score (nSPS) is 11.7. The Morgan fingerprint density at radius 1 is 1.61 bits per heavy atom. The van der Waals surface area contributed by atoms with E-state index in [0.29, 0.717) is 5.16 Å². The number of rotatable bonds is 6. The molecule has 0 saturated carbocycles. The van der Waals surface area contributed by atoms with E-state index in [-0.39, 0.29) is 24.5 Å². The van der Waals surface area contributed by atoms with Crippen LogP contribution in [0.15, 0.2) is 16.0 Å². The maximum atomic E-state index is 11.6. The molecule has 0 bridgehead atoms. The summed E-state index contributed by atoms with van der Waals surface area (Å²) in [7, 11) is -4.18. The molecule has 0 saturated heterocycles. The zero-order valence-electron chi connectivity index (χ0n) is 9.65. The molecule has 0 spiro atoms. The lowest BCUT2D eigenvalue weighted by molar-refractivity contribution is 0.145. The van der Waals surface area contributed by atoms with Crippen molar-refractivity contribution < 1.29 is 19.1 Å². The second-order valence-electron chi connectivity index (χ2n) is 3.36. The third kappa shape index (κ3) is 4.79. The van der Waals surface area contributed by atoms with Crippen molar-refractivity contribution in [3.05, 3.63) is 16.4 Å². The molecule has 0 aliphatic carbocycles. The Hall–Kier alpha value is -0.860. The predicted molar refractivity (Wildman–Crippen MR) is 67.6 cm³/mol. The van der Waals surface area contributed by atoms with Crippen LogP contribution in [0.2, 0.25) is 0 Å². The van der Waals surface area contributed by atoms with Crippen molar-refractivity contribution in [2.75, 3.05) is 24.9 Å². The summed E-state index contributed by atoms with van der Waals surface area (Å²) in [5.74, 6) is 0.136. The van der Waals surface area contributed by atoms with Gasteiger partial charge >= 0.3 is 7.60 Å². The van der Waals surface area contributed by atoms with Gasteiger partial charge in [0, 0.05) is 6.07 Å². The van der Waals surface area contributed by atoms with Crippen molar-refractivity contribution in [2.24, 2.45) is 0 Å². The van der Waals surface area contributed by atoms with Crippen LogP contribution in [0.4, 0.5) is 5.82 Å². The number of hydrogen-bond donors (Lipinski definition) is 3. The van der Waals surface area contributed by atoms with Gasteiger partial charge in [-0.2, -0.15) is 0 Å². The molecule has 1 aromatic heterocycles. The Bertz CT molecular complexity index is 514. The number of ether oxygens (including phenoxy) is 1. The third-order valence-electron chi connectivity index (χ3n) is 1.89. The Balaban J connectivity index is 2.68. The van der Waals surface area contributed by atoms with Crippen LogP contribution in [-0.2, 0) is 15.8 Å². The van der Waals surface area contributed by atoms with Gasteiger partial charge in [-0.1, -0.05) is 11.8 Å². The molecule has 102 valence electrons. The van der Waals surface area contributed by atoms with Gasteiger partial charge in [-0.3, -0.25) is 13.9 Å². The van der Waals surface area contributed by atoms with Crippen LogP contribution in [0.3, 0.4) is 0 Å². The lowest BCUT2D eigenvalue weighted by Gasteiger charge is -2.11. The molecule has 8 nitrogen and oxygen atoms in total. The highest BCUT2D eigenvalue weighted by Crippen LogP contribution is 2.33. The summed E-state index contributed by atoms with van der Waals surface area (Å²) >= 11 is 1.25. The molecule has 0 atom stereocenters. The van der Waals surface area contributed by atoms with Gasteiger partial charge in [-0.05, 0) is 6.26 Å². The van der Waals surface area contributed by atoms with E-state index in [0.717, 1.165) is 0 Å². The molecule has 4 N–H and O–H groups in total. The van der Waals surface area contributed by atoms with Crippen LogP contribution in [0.5, 0.6) is 0 Å². The topological polar surface area (TPSA) is 128 Å². The number of aromatic nitrogens is 2. The molecule has 1 aromatic rings. The molecule has 0 radical (unpaired) electrons. The van der Waals surface area contributed by atoms with Gasteiger partial charge in [0.2, 0.25) is 0 Å². The van der Waals surface area contributed by atoms with Gasteiger partial charge in [0.05, 0.1) is 13.2 Å². The fourth-order valence-corrected chi connectivity index (χ4v) is 2.17. The number of anilines is 1. The number of nitrogen functional groups attached to an aromatic ring is 1. The fraction of sp³-hybridized carbons (Fsp3) is 0.500. The first-order chi connectivity index (χ1) is 8.33. The second kappa shape index (κ2) is 6.35. The Morgan fingerprint density at radius 3 is 2.83 bits per heavy atom. The van der Waals surface area contributed by atoms with Gasteiger partial charge in [0.15, 0.2) is 5.16 Å². The van der Waals surface area contributed by atoms with E-state index >= 15 is 0 Å². The summed E-state index contributed by atoms with van der Waals surface area (Å²) in [5.41, 5.74) is 5.12. The maximum absolute atomic E-state index is 11.6. The van der Waals surface area contributed by atoms with E-state index in [1.807, 2.05) is 0 Å². The van der Waals surface area contributed by atoms with Gasteiger partial charge < -0.3 is 20.3 Å². The highest BCUT2D eigenvalue weighted by atomic mass is 32.2. The summed E-state index contributed by atoms with van der Waals surface area (Å²) < 4.78 is 16.7. The minimum absolute atomic E-state index is 0.00414. The van der Waals surface area contributed by atoms with Crippen LogP contribution < -0.4 is 11.3 Å². The average molecular weight is 295 g/mol. The van der Waals surface area contributed by atoms with Gasteiger partial charge in [0.1, 0.15) is 12.2 Å². The van der Waals surface area contributed by atoms with Crippen molar-refractivity contribution in [1.29, 1.82) is 0 Å². The highest BCUT2D eigenvalue weighted by molar-refractivity contribution is 7.98. The van der Waals surface area contributed by atoms with E-state index in [2.05, 4.69) is 4.98 Å². The van der Waals surface area contributed by atoms with Crippen LogP contribution in [-0.4, -0.2) is 38.5 Å². The summed E-state index contributed by atoms with van der Waals surface area (Å²) in [5, 5.41) is 0.430. The van der Waals surface area contributed by atoms with E-state index in [1.54, 1.807) is 6.26 Å². The van der Waals surface area contributed by atoms with Crippen LogP contribution in [0.25, 0.3) is 0 Å². The molecule has 0 unspecified atom stereocenters. The first kappa shape index (κ1) is 15.2. The number of nitrogens with two attached hydrogens (primary N) is 1. The standard InChI is InChI=1S/C8H14N3O5PS/c1-18-8-10-6(9)4-7(12)11(8)2-3-16-5-17(13,14)15/h4H,2-3,5,9H2,1H3,(H2,13,14,15). The number of thioether (sulfide) groups is 1. The lowest BCUT2D eigenvalue weighted by atomic mass is 10.5. The number of hydrogen-bond acceptors (Lipinski definition) is 6. The van der Waals surface area contributed by atoms with Crippen LogP contribution in [0, 0.1) is 0 Å². The first-order valence-corrected chi connectivity index (χ1v) is 7.89. The molecule has 0 aliphatic heterocycles. The minimum Gasteiger partial charge on any atom is -0.383 e. The van der Waals surface area contributed by atoms with Gasteiger partial charge in [-0.15, -0.1) is 0 Å². The zero-order valence-corrected chi connectivity index (χ0v) is 11.4. The molecule has 0 amide bonds. The van der Waals surface area contributed by atoms with E-state index < -0.39 is 13.9 Å². The molecule has 10 heteroatoms. The molecular weight excluding hydrogens is 281 g/mol. The van der Waals surface area contributed by atoms with Crippen molar-refractivity contribution in [3.63, 3.8) is 0 Å². The average Bonchev–Trinajstić information content (AvgIpc) is 2.24. The summed E-state index contributed by atoms with van der Waals surface area (Å²) in [4.78, 5) is 32.8. The molecule has 18 heavy (non-hydrogen) atoms. The lowest BCUT2D eigenvalue weighted by Crippen LogP contribution is -2.25. The fourth-order valence-electron chi connectivity index (χ4n) is 1.20. The Kier molecular flexibility index (Phi) is 5.36. The third-order valence-corrected chi connectivity index (χ3v) is 3.09. The van der Waals surface area contributed by atoms with Gasteiger partial charge in [-0.25, -0.2) is 4.98 Å². The zero-order chi connectivity index (χ0) is 13.8. The summed E-state index contributed by atoms with van der Waals surface area (Å²) in [6, 6.07) is 1.18. The molecule has 0 aromatic carbocycles. The largest absolute Gasteiger partial charge is 0.383 e. The van der Waals surface area contributed by atoms with Gasteiger partial charge in [0.25, 0.3) is 5.56 Å². The quantitative estimate of drug-likeness (QED) is 0.282. The van der Waals surface area contributed by atoms with E-state index in [9.17, 15) is 9.36 Å². The SMILES string of the molecule is CSc1nc(N)cc(=O)n1CCOCP(=O)(O)O. The van der Waals surface area contributed by atoms with Crippen molar-refractivity contribution in [2.45, 2.75) is 11.7 Å².